The summed E-state index contributed by atoms with van der Waals surface area (Å²) in [6.45, 7) is 4.19. The number of halogens is 3. The maximum atomic E-state index is 12.4. The van der Waals surface area contributed by atoms with Gasteiger partial charge in [-0.1, -0.05) is 11.3 Å². The number of amides is 3. The lowest BCUT2D eigenvalue weighted by molar-refractivity contribution is -0.274. The zero-order chi connectivity index (χ0) is 23.7. The lowest BCUT2D eigenvalue weighted by atomic mass is 9.92. The minimum absolute atomic E-state index is 0.00907. The molecule has 1 aromatic heterocycles. The second-order valence-corrected chi connectivity index (χ2v) is 8.81. The first-order valence-electron chi connectivity index (χ1n) is 9.54. The number of carbonyl (C=O) groups excluding carboxylic acids is 3. The summed E-state index contributed by atoms with van der Waals surface area (Å²) in [5, 5.41) is 5.84. The largest absolute Gasteiger partial charge is 0.573 e. The Labute approximate surface area is 185 Å². The van der Waals surface area contributed by atoms with Crippen molar-refractivity contribution in [2.45, 2.75) is 25.7 Å². The topological polar surface area (TPSA) is 104 Å². The summed E-state index contributed by atoms with van der Waals surface area (Å²) in [6.07, 6.45) is -4.80. The quantitative estimate of drug-likeness (QED) is 0.636. The molecule has 0 bridgehead atoms. The van der Waals surface area contributed by atoms with Crippen molar-refractivity contribution in [2.24, 2.45) is 0 Å². The molecule has 0 saturated carbocycles. The van der Waals surface area contributed by atoms with Crippen molar-refractivity contribution in [3.8, 4) is 5.75 Å². The van der Waals surface area contributed by atoms with Crippen LogP contribution in [0.4, 0.5) is 18.3 Å². The number of likely N-dealkylation sites (tertiary alicyclic amines) is 1. The molecule has 9 nitrogen and oxygen atoms in total. The van der Waals surface area contributed by atoms with Gasteiger partial charge >= 0.3 is 6.36 Å². The van der Waals surface area contributed by atoms with E-state index in [2.05, 4.69) is 20.4 Å². The first kappa shape index (κ1) is 23.7. The van der Waals surface area contributed by atoms with Crippen molar-refractivity contribution in [2.75, 3.05) is 38.5 Å². The number of carbonyl (C=O) groups is 3. The predicted molar refractivity (Wildman–Crippen MR) is 111 cm³/mol. The smallest absolute Gasteiger partial charge is 0.406 e. The number of hydrogen-bond donors (Lipinski definition) is 2. The van der Waals surface area contributed by atoms with Crippen molar-refractivity contribution in [1.82, 2.24) is 20.1 Å². The van der Waals surface area contributed by atoms with E-state index in [4.69, 9.17) is 0 Å². The molecule has 2 N–H and O–H groups in total. The molecule has 1 aromatic carbocycles. The first-order chi connectivity index (χ1) is 14.8. The van der Waals surface area contributed by atoms with Crippen molar-refractivity contribution in [1.29, 1.82) is 0 Å². The zero-order valence-corrected chi connectivity index (χ0v) is 18.4. The number of rotatable bonds is 7. The Bertz CT molecular complexity index is 1040. The average molecular weight is 473 g/mol. The number of likely N-dealkylation sites (N-methyl/N-ethyl adjacent to an activating group) is 1. The number of nitrogens with zero attached hydrogens (tertiary/aromatic N) is 3. The van der Waals surface area contributed by atoms with E-state index < -0.39 is 12.3 Å². The van der Waals surface area contributed by atoms with Gasteiger partial charge in [0.25, 0.3) is 0 Å². The third kappa shape index (κ3) is 6.07. The fourth-order valence-corrected chi connectivity index (χ4v) is 4.08. The van der Waals surface area contributed by atoms with Gasteiger partial charge in [-0.3, -0.25) is 19.7 Å². The Balaban J connectivity index is 1.49. The number of nitrogens with one attached hydrogen (secondary N) is 2. The summed E-state index contributed by atoms with van der Waals surface area (Å²) in [5.41, 5.74) is 0.0573. The molecule has 3 amide bonds. The van der Waals surface area contributed by atoms with Gasteiger partial charge in [-0.15, -0.1) is 13.2 Å². The Morgan fingerprint density at radius 2 is 2.00 bits per heavy atom. The molecule has 32 heavy (non-hydrogen) atoms. The molecule has 0 spiro atoms. The van der Waals surface area contributed by atoms with Crippen LogP contribution in [0.5, 0.6) is 5.75 Å². The van der Waals surface area contributed by atoms with Gasteiger partial charge in [0.05, 0.1) is 28.8 Å². The molecule has 0 unspecified atom stereocenters. The highest BCUT2D eigenvalue weighted by molar-refractivity contribution is 7.22. The number of fused-ring (bicyclic) bond motifs is 1. The summed E-state index contributed by atoms with van der Waals surface area (Å²) < 4.78 is 41.3. The van der Waals surface area contributed by atoms with Crippen LogP contribution in [0.1, 0.15) is 13.8 Å². The van der Waals surface area contributed by atoms with Crippen LogP contribution in [0.15, 0.2) is 18.2 Å². The molecule has 3 rings (SSSR count). The van der Waals surface area contributed by atoms with Crippen LogP contribution in [0, 0.1) is 0 Å². The number of benzene rings is 1. The minimum atomic E-state index is -4.80. The fraction of sp³-hybridized carbons (Fsp3) is 0.474. The van der Waals surface area contributed by atoms with E-state index in [1.165, 1.54) is 31.0 Å². The highest BCUT2D eigenvalue weighted by Gasteiger charge is 2.40. The number of anilines is 1. The van der Waals surface area contributed by atoms with Gasteiger partial charge < -0.3 is 19.9 Å². The van der Waals surface area contributed by atoms with Crippen LogP contribution < -0.4 is 15.4 Å². The lowest BCUT2D eigenvalue weighted by Crippen LogP contribution is -2.69. The van der Waals surface area contributed by atoms with E-state index in [1.807, 2.05) is 6.92 Å². The number of hydrogen-bond acceptors (Lipinski definition) is 7. The first-order valence-corrected chi connectivity index (χ1v) is 10.4. The molecule has 1 saturated heterocycles. The maximum Gasteiger partial charge on any atom is 0.573 e. The summed E-state index contributed by atoms with van der Waals surface area (Å²) in [6, 6.07) is 3.68. The van der Waals surface area contributed by atoms with Gasteiger partial charge in [0.1, 0.15) is 5.75 Å². The molecule has 0 atom stereocenters. The molecule has 0 radical (unpaired) electrons. The third-order valence-electron chi connectivity index (χ3n) is 4.84. The van der Waals surface area contributed by atoms with Crippen LogP contribution in [-0.2, 0) is 14.4 Å². The van der Waals surface area contributed by atoms with E-state index in [0.717, 1.165) is 17.4 Å². The van der Waals surface area contributed by atoms with Crippen LogP contribution in [0.3, 0.4) is 0 Å². The molecular weight excluding hydrogens is 451 g/mol. The number of ether oxygens (including phenoxy) is 1. The average Bonchev–Trinajstić information content (AvgIpc) is 3.03. The summed E-state index contributed by atoms with van der Waals surface area (Å²) in [4.78, 5) is 42.9. The molecular formula is C19H22F3N5O4S. The highest BCUT2D eigenvalue weighted by Crippen LogP contribution is 2.31. The molecule has 2 aromatic rings. The maximum absolute atomic E-state index is 12.4. The van der Waals surface area contributed by atoms with Gasteiger partial charge in [0.15, 0.2) is 5.13 Å². The normalized spacial score (nSPS) is 15.2. The molecule has 2 heterocycles. The van der Waals surface area contributed by atoms with Gasteiger partial charge in [0, 0.05) is 33.1 Å². The number of aromatic nitrogens is 1. The van der Waals surface area contributed by atoms with Crippen molar-refractivity contribution in [3.63, 3.8) is 0 Å². The van der Waals surface area contributed by atoms with Crippen molar-refractivity contribution >= 4 is 44.4 Å². The molecule has 13 heteroatoms. The standard InChI is InChI=1S/C19H22F3N5O4S/c1-11(28)27-9-18(2,10-27)23-7-16(30)26(3)8-15(29)25-17-24-13-5-4-12(6-14(13)32-17)31-19(20,21)22/h4-6,23H,7-10H2,1-3H3,(H,24,25,29). The lowest BCUT2D eigenvalue weighted by Gasteiger charge is -2.48. The SMILES string of the molecule is CC(=O)N1CC(C)(NCC(=O)N(C)CC(=O)Nc2nc3ccc(OC(F)(F)F)cc3s2)C1. The van der Waals surface area contributed by atoms with Crippen LogP contribution in [0.2, 0.25) is 0 Å². The van der Waals surface area contributed by atoms with E-state index >= 15 is 0 Å². The van der Waals surface area contributed by atoms with Gasteiger partial charge in [0.2, 0.25) is 17.7 Å². The molecule has 1 fully saturated rings. The van der Waals surface area contributed by atoms with Gasteiger partial charge in [-0.2, -0.15) is 0 Å². The molecule has 1 aliphatic rings. The molecule has 1 aliphatic heterocycles. The molecule has 174 valence electrons. The second kappa shape index (κ2) is 8.90. The summed E-state index contributed by atoms with van der Waals surface area (Å²) in [5.74, 6) is -1.20. The summed E-state index contributed by atoms with van der Waals surface area (Å²) >= 11 is 0.990. The number of thiazole rings is 1. The highest BCUT2D eigenvalue weighted by atomic mass is 32.1. The Morgan fingerprint density at radius 1 is 1.31 bits per heavy atom. The van der Waals surface area contributed by atoms with Crippen LogP contribution in [0.25, 0.3) is 10.2 Å². The van der Waals surface area contributed by atoms with Crippen molar-refractivity contribution < 1.29 is 32.3 Å². The Morgan fingerprint density at radius 3 is 2.62 bits per heavy atom. The Hall–Kier alpha value is -2.93. The van der Waals surface area contributed by atoms with E-state index in [-0.39, 0.29) is 41.3 Å². The minimum Gasteiger partial charge on any atom is -0.406 e. The number of alkyl halides is 3. The Kier molecular flexibility index (Phi) is 6.60. The third-order valence-corrected chi connectivity index (χ3v) is 5.77. The molecule has 0 aliphatic carbocycles. The van der Waals surface area contributed by atoms with E-state index in [0.29, 0.717) is 23.3 Å². The monoisotopic (exact) mass is 473 g/mol. The van der Waals surface area contributed by atoms with E-state index in [1.54, 1.807) is 4.90 Å². The van der Waals surface area contributed by atoms with Crippen LogP contribution in [-0.4, -0.2) is 77.6 Å². The second-order valence-electron chi connectivity index (χ2n) is 7.78. The fourth-order valence-electron chi connectivity index (χ4n) is 3.17. The zero-order valence-electron chi connectivity index (χ0n) is 17.6. The van der Waals surface area contributed by atoms with Gasteiger partial charge in [-0.25, -0.2) is 4.98 Å². The predicted octanol–water partition coefficient (Wildman–Crippen LogP) is 1.80. The summed E-state index contributed by atoms with van der Waals surface area (Å²) in [7, 11) is 1.48. The van der Waals surface area contributed by atoms with E-state index in [9.17, 15) is 27.6 Å². The van der Waals surface area contributed by atoms with Gasteiger partial charge in [-0.05, 0) is 19.1 Å². The van der Waals surface area contributed by atoms with Crippen LogP contribution >= 0.6 is 11.3 Å². The van der Waals surface area contributed by atoms with Crippen molar-refractivity contribution in [3.05, 3.63) is 18.2 Å².